The van der Waals surface area contributed by atoms with Crippen LogP contribution in [0.5, 0.6) is 0 Å². The van der Waals surface area contributed by atoms with Gasteiger partial charge in [0.05, 0.1) is 11.5 Å². The fraction of sp³-hybridized carbons (Fsp3) is 0.625. The van der Waals surface area contributed by atoms with E-state index in [0.717, 1.165) is 6.42 Å². The predicted octanol–water partition coefficient (Wildman–Crippen LogP) is 0.566. The van der Waals surface area contributed by atoms with Gasteiger partial charge in [-0.1, -0.05) is 6.58 Å². The topological polar surface area (TPSA) is 51.2 Å². The highest BCUT2D eigenvalue weighted by molar-refractivity contribution is 7.91. The number of rotatable bonds is 2. The third-order valence-electron chi connectivity index (χ3n) is 2.14. The molecule has 1 fully saturated rings. The molecule has 0 aromatic heterocycles. The Bertz CT molecular complexity index is 289. The van der Waals surface area contributed by atoms with Crippen LogP contribution in [0, 0.1) is 5.92 Å². The lowest BCUT2D eigenvalue weighted by molar-refractivity contribution is -0.105. The number of sulfone groups is 1. The van der Waals surface area contributed by atoms with Gasteiger partial charge in [-0.2, -0.15) is 0 Å². The highest BCUT2D eigenvalue weighted by Crippen LogP contribution is 2.22. The maximum Gasteiger partial charge on any atom is 0.150 e. The van der Waals surface area contributed by atoms with E-state index in [1.807, 2.05) is 0 Å². The van der Waals surface area contributed by atoms with Crippen molar-refractivity contribution in [2.75, 3.05) is 11.5 Å². The molecular weight excluding hydrogens is 176 g/mol. The normalized spacial score (nSPS) is 27.8. The van der Waals surface area contributed by atoms with Gasteiger partial charge in [0.1, 0.15) is 6.29 Å². The smallest absolute Gasteiger partial charge is 0.150 e. The first-order chi connectivity index (χ1) is 5.55. The van der Waals surface area contributed by atoms with Gasteiger partial charge in [0, 0.05) is 5.92 Å². The molecule has 0 saturated carbocycles. The molecule has 0 spiro atoms. The number of hydrogen-bond donors (Lipinski definition) is 0. The van der Waals surface area contributed by atoms with Crippen molar-refractivity contribution in [3.8, 4) is 0 Å². The monoisotopic (exact) mass is 188 g/mol. The SMILES string of the molecule is C=C(C=O)C1CCCS(=O)(=O)C1. The quantitative estimate of drug-likeness (QED) is 0.470. The van der Waals surface area contributed by atoms with Gasteiger partial charge in [-0.15, -0.1) is 0 Å². The zero-order chi connectivity index (χ0) is 9.19. The molecule has 1 rings (SSSR count). The molecule has 1 unspecified atom stereocenters. The Morgan fingerprint density at radius 2 is 2.17 bits per heavy atom. The van der Waals surface area contributed by atoms with E-state index in [0.29, 0.717) is 18.3 Å². The van der Waals surface area contributed by atoms with Crippen molar-refractivity contribution in [2.24, 2.45) is 5.92 Å². The maximum atomic E-state index is 11.1. The Morgan fingerprint density at radius 1 is 1.50 bits per heavy atom. The van der Waals surface area contributed by atoms with Crippen LogP contribution in [0.25, 0.3) is 0 Å². The van der Waals surface area contributed by atoms with E-state index in [1.54, 1.807) is 0 Å². The molecule has 12 heavy (non-hydrogen) atoms. The second-order valence-corrected chi connectivity index (χ2v) is 5.38. The van der Waals surface area contributed by atoms with Gasteiger partial charge in [0.2, 0.25) is 0 Å². The minimum Gasteiger partial charge on any atom is -0.298 e. The molecule has 1 aliphatic heterocycles. The molecule has 1 heterocycles. The fourth-order valence-corrected chi connectivity index (χ4v) is 3.18. The number of carbonyl (C=O) groups is 1. The van der Waals surface area contributed by atoms with E-state index in [4.69, 9.17) is 0 Å². The van der Waals surface area contributed by atoms with E-state index in [9.17, 15) is 13.2 Å². The molecule has 1 atom stereocenters. The van der Waals surface area contributed by atoms with Crippen LogP contribution < -0.4 is 0 Å². The molecule has 0 radical (unpaired) electrons. The first-order valence-electron chi connectivity index (χ1n) is 3.89. The van der Waals surface area contributed by atoms with E-state index < -0.39 is 9.84 Å². The number of aldehydes is 1. The summed E-state index contributed by atoms with van der Waals surface area (Å²) >= 11 is 0. The largest absolute Gasteiger partial charge is 0.298 e. The average Bonchev–Trinajstić information content (AvgIpc) is 2.01. The number of allylic oxidation sites excluding steroid dienone is 1. The first kappa shape index (κ1) is 9.45. The second kappa shape index (κ2) is 3.39. The van der Waals surface area contributed by atoms with E-state index in [2.05, 4.69) is 6.58 Å². The Morgan fingerprint density at radius 3 is 2.67 bits per heavy atom. The molecule has 1 aliphatic rings. The van der Waals surface area contributed by atoms with Crippen LogP contribution in [0.1, 0.15) is 12.8 Å². The second-order valence-electron chi connectivity index (χ2n) is 3.15. The van der Waals surface area contributed by atoms with Gasteiger partial charge >= 0.3 is 0 Å². The fourth-order valence-electron chi connectivity index (χ4n) is 1.41. The summed E-state index contributed by atoms with van der Waals surface area (Å²) < 4.78 is 22.2. The van der Waals surface area contributed by atoms with Crippen LogP contribution in [-0.4, -0.2) is 26.2 Å². The van der Waals surface area contributed by atoms with Crippen molar-refractivity contribution in [3.63, 3.8) is 0 Å². The molecular formula is C8H12O3S. The zero-order valence-electron chi connectivity index (χ0n) is 6.82. The summed E-state index contributed by atoms with van der Waals surface area (Å²) in [5.74, 6) is 0.224. The number of hydrogen-bond acceptors (Lipinski definition) is 3. The van der Waals surface area contributed by atoms with Gasteiger partial charge in [0.15, 0.2) is 9.84 Å². The minimum absolute atomic E-state index is 0.102. The van der Waals surface area contributed by atoms with Gasteiger partial charge in [0.25, 0.3) is 0 Å². The predicted molar refractivity (Wildman–Crippen MR) is 46.6 cm³/mol. The summed E-state index contributed by atoms with van der Waals surface area (Å²) in [5.41, 5.74) is 0.415. The van der Waals surface area contributed by atoms with Crippen molar-refractivity contribution in [2.45, 2.75) is 12.8 Å². The summed E-state index contributed by atoms with van der Waals surface area (Å²) in [6, 6.07) is 0. The highest BCUT2D eigenvalue weighted by Gasteiger charge is 2.25. The van der Waals surface area contributed by atoms with Crippen molar-refractivity contribution in [1.82, 2.24) is 0 Å². The van der Waals surface area contributed by atoms with E-state index >= 15 is 0 Å². The summed E-state index contributed by atoms with van der Waals surface area (Å²) in [6.07, 6.45) is 2.09. The van der Waals surface area contributed by atoms with Gasteiger partial charge < -0.3 is 0 Å². The van der Waals surface area contributed by atoms with Crippen molar-refractivity contribution < 1.29 is 13.2 Å². The molecule has 3 nitrogen and oxygen atoms in total. The Kier molecular flexibility index (Phi) is 2.67. The maximum absolute atomic E-state index is 11.1. The molecule has 1 saturated heterocycles. The third-order valence-corrected chi connectivity index (χ3v) is 3.96. The van der Waals surface area contributed by atoms with Crippen LogP contribution >= 0.6 is 0 Å². The molecule has 0 aromatic carbocycles. The van der Waals surface area contributed by atoms with Crippen LogP contribution in [0.3, 0.4) is 0 Å². The Labute approximate surface area is 72.4 Å². The van der Waals surface area contributed by atoms with Crippen LogP contribution in [0.2, 0.25) is 0 Å². The summed E-state index contributed by atoms with van der Waals surface area (Å²) in [6.45, 7) is 3.53. The molecule has 4 heteroatoms. The van der Waals surface area contributed by atoms with Gasteiger partial charge in [-0.3, -0.25) is 4.79 Å². The highest BCUT2D eigenvalue weighted by atomic mass is 32.2. The average molecular weight is 188 g/mol. The summed E-state index contributed by atoms with van der Waals surface area (Å²) in [5, 5.41) is 0. The molecule has 0 aliphatic carbocycles. The van der Waals surface area contributed by atoms with E-state index in [-0.39, 0.29) is 17.4 Å². The Balaban J connectivity index is 2.70. The van der Waals surface area contributed by atoms with Crippen molar-refractivity contribution in [1.29, 1.82) is 0 Å². The first-order valence-corrected chi connectivity index (χ1v) is 5.72. The van der Waals surface area contributed by atoms with Crippen LogP contribution in [0.4, 0.5) is 0 Å². The zero-order valence-corrected chi connectivity index (χ0v) is 7.64. The lowest BCUT2D eigenvalue weighted by Crippen LogP contribution is -2.26. The summed E-state index contributed by atoms with van der Waals surface area (Å²) in [7, 11) is -2.91. The molecule has 0 N–H and O–H groups in total. The minimum atomic E-state index is -2.91. The van der Waals surface area contributed by atoms with Crippen molar-refractivity contribution >= 4 is 16.1 Å². The van der Waals surface area contributed by atoms with Crippen LogP contribution in [0.15, 0.2) is 12.2 Å². The standard InChI is InChI=1S/C8H12O3S/c1-7(5-9)8-3-2-4-12(10,11)6-8/h5,8H,1-4,6H2. The van der Waals surface area contributed by atoms with Gasteiger partial charge in [-0.25, -0.2) is 8.42 Å². The van der Waals surface area contributed by atoms with Crippen molar-refractivity contribution in [3.05, 3.63) is 12.2 Å². The number of carbonyl (C=O) groups excluding carboxylic acids is 1. The Hall–Kier alpha value is -0.640. The van der Waals surface area contributed by atoms with E-state index in [1.165, 1.54) is 0 Å². The third kappa shape index (κ3) is 2.17. The lowest BCUT2D eigenvalue weighted by Gasteiger charge is -2.20. The summed E-state index contributed by atoms with van der Waals surface area (Å²) in [4.78, 5) is 10.3. The van der Waals surface area contributed by atoms with Crippen LogP contribution in [-0.2, 0) is 14.6 Å². The van der Waals surface area contributed by atoms with Gasteiger partial charge in [-0.05, 0) is 18.4 Å². The molecule has 68 valence electrons. The molecule has 0 bridgehead atoms. The molecule has 0 aromatic rings. The molecule has 0 amide bonds. The lowest BCUT2D eigenvalue weighted by atomic mass is 9.98.